The Morgan fingerprint density at radius 2 is 2.00 bits per heavy atom. The van der Waals surface area contributed by atoms with Crippen molar-refractivity contribution in [1.29, 1.82) is 0 Å². The van der Waals surface area contributed by atoms with Gasteiger partial charge in [-0.15, -0.1) is 0 Å². The predicted molar refractivity (Wildman–Crippen MR) is 109 cm³/mol. The van der Waals surface area contributed by atoms with Crippen LogP contribution in [0.3, 0.4) is 0 Å². The Morgan fingerprint density at radius 1 is 1.34 bits per heavy atom. The first kappa shape index (κ1) is 22.1. The van der Waals surface area contributed by atoms with E-state index < -0.39 is 40.9 Å². The summed E-state index contributed by atoms with van der Waals surface area (Å²) in [7, 11) is 0. The lowest BCUT2D eigenvalue weighted by molar-refractivity contribution is -0.125. The van der Waals surface area contributed by atoms with Crippen LogP contribution in [0.15, 0.2) is 43.0 Å². The second-order valence-electron chi connectivity index (χ2n) is 7.59. The minimum absolute atomic E-state index is 0.0330. The highest BCUT2D eigenvalue weighted by atomic mass is 19.1. The van der Waals surface area contributed by atoms with Crippen LogP contribution in [0.25, 0.3) is 0 Å². The molecule has 0 radical (unpaired) electrons. The number of amides is 3. The van der Waals surface area contributed by atoms with Crippen LogP contribution in [0.1, 0.15) is 27.7 Å². The van der Waals surface area contributed by atoms with Gasteiger partial charge in [0.15, 0.2) is 23.5 Å². The molecule has 0 aliphatic carbocycles. The predicted octanol–water partition coefficient (Wildman–Crippen LogP) is 4.30. The Hall–Kier alpha value is -3.16. The van der Waals surface area contributed by atoms with Gasteiger partial charge in [0.05, 0.1) is 12.2 Å². The van der Waals surface area contributed by atoms with Crippen molar-refractivity contribution < 1.29 is 23.1 Å². The van der Waals surface area contributed by atoms with Crippen LogP contribution in [0.4, 0.5) is 25.0 Å². The number of carbonyl (C=O) groups excluding carboxylic acids is 2. The number of hydrogen-bond donors (Lipinski definition) is 2. The third kappa shape index (κ3) is 5.01. The van der Waals surface area contributed by atoms with Crippen molar-refractivity contribution in [2.24, 2.45) is 0 Å². The van der Waals surface area contributed by atoms with E-state index in [4.69, 9.17) is 4.74 Å². The normalized spacial score (nSPS) is 16.6. The van der Waals surface area contributed by atoms with Gasteiger partial charge >= 0.3 is 6.03 Å². The van der Waals surface area contributed by atoms with Gasteiger partial charge in [-0.25, -0.2) is 13.6 Å². The zero-order valence-electron chi connectivity index (χ0n) is 16.9. The lowest BCUT2D eigenvalue weighted by atomic mass is 10.1. The summed E-state index contributed by atoms with van der Waals surface area (Å²) in [4.78, 5) is 25.8. The van der Waals surface area contributed by atoms with Crippen molar-refractivity contribution in [3.05, 3.63) is 54.7 Å². The molecule has 8 heteroatoms. The summed E-state index contributed by atoms with van der Waals surface area (Å²) in [5, 5.41) is 4.73. The Balaban J connectivity index is 2.48. The van der Waals surface area contributed by atoms with Crippen LogP contribution >= 0.6 is 0 Å². The number of benzene rings is 1. The lowest BCUT2D eigenvalue weighted by Crippen LogP contribution is -2.46. The first-order valence-electron chi connectivity index (χ1n) is 9.01. The van der Waals surface area contributed by atoms with Crippen LogP contribution in [-0.2, 0) is 4.79 Å². The van der Waals surface area contributed by atoms with Gasteiger partial charge in [0.1, 0.15) is 5.69 Å². The molecule has 1 aliphatic rings. The maximum atomic E-state index is 15.1. The lowest BCUT2D eigenvalue weighted by Gasteiger charge is -2.34. The molecule has 1 atom stereocenters. The average Bonchev–Trinajstić information content (AvgIpc) is 2.61. The maximum Gasteiger partial charge on any atom is 0.319 e. The molecule has 2 N–H and O–H groups in total. The number of halogens is 2. The summed E-state index contributed by atoms with van der Waals surface area (Å²) in [6, 6.07) is 0.193. The van der Waals surface area contributed by atoms with Crippen molar-refractivity contribution in [3.63, 3.8) is 0 Å². The molecule has 0 fully saturated rings. The fourth-order valence-corrected chi connectivity index (χ4v) is 2.75. The van der Waals surface area contributed by atoms with Gasteiger partial charge in [-0.05, 0) is 33.3 Å². The van der Waals surface area contributed by atoms with Gasteiger partial charge in [-0.3, -0.25) is 4.79 Å². The Kier molecular flexibility index (Phi) is 6.46. The van der Waals surface area contributed by atoms with E-state index >= 15 is 4.39 Å². The third-order valence-corrected chi connectivity index (χ3v) is 4.01. The van der Waals surface area contributed by atoms with E-state index in [-0.39, 0.29) is 18.0 Å². The summed E-state index contributed by atoms with van der Waals surface area (Å²) < 4.78 is 35.1. The van der Waals surface area contributed by atoms with E-state index in [1.165, 1.54) is 24.0 Å². The van der Waals surface area contributed by atoms with Crippen molar-refractivity contribution in [3.8, 4) is 5.75 Å². The van der Waals surface area contributed by atoms with Crippen LogP contribution in [0.5, 0.6) is 5.75 Å². The first-order chi connectivity index (χ1) is 13.5. The molecular formula is C21H25F2N3O3. The molecule has 0 saturated heterocycles. The number of anilines is 2. The molecule has 1 aromatic rings. The van der Waals surface area contributed by atoms with E-state index in [1.807, 2.05) is 0 Å². The molecule has 3 amide bonds. The van der Waals surface area contributed by atoms with Crippen molar-refractivity contribution >= 4 is 23.3 Å². The van der Waals surface area contributed by atoms with Gasteiger partial charge < -0.3 is 20.3 Å². The number of ether oxygens (including phenoxy) is 1. The summed E-state index contributed by atoms with van der Waals surface area (Å²) in [5.74, 6) is -2.90. The number of nitrogens with zero attached hydrogens (tertiary/aromatic N) is 1. The van der Waals surface area contributed by atoms with E-state index in [0.717, 1.165) is 6.07 Å². The number of rotatable bonds is 5. The highest BCUT2D eigenvalue weighted by Crippen LogP contribution is 2.41. The zero-order valence-corrected chi connectivity index (χ0v) is 16.9. The minimum atomic E-state index is -1.10. The number of nitrogens with one attached hydrogen (secondary N) is 2. The Bertz CT molecular complexity index is 888. The van der Waals surface area contributed by atoms with Gasteiger partial charge in [0, 0.05) is 11.6 Å². The first-order valence-corrected chi connectivity index (χ1v) is 9.01. The molecule has 2 rings (SSSR count). The fourth-order valence-electron chi connectivity index (χ4n) is 2.75. The molecule has 0 spiro atoms. The van der Waals surface area contributed by atoms with Crippen molar-refractivity contribution in [2.45, 2.75) is 39.3 Å². The average molecular weight is 405 g/mol. The van der Waals surface area contributed by atoms with Gasteiger partial charge in [0.2, 0.25) is 0 Å². The third-order valence-electron chi connectivity index (χ3n) is 4.01. The highest BCUT2D eigenvalue weighted by Gasteiger charge is 2.36. The van der Waals surface area contributed by atoms with E-state index in [0.29, 0.717) is 5.57 Å². The quantitative estimate of drug-likeness (QED) is 0.718. The Labute approximate surface area is 168 Å². The van der Waals surface area contributed by atoms with Crippen LogP contribution in [-0.4, -0.2) is 30.1 Å². The molecule has 1 heterocycles. The molecule has 0 aromatic heterocycles. The number of allylic oxidation sites excluding steroid dienone is 2. The second kappa shape index (κ2) is 8.46. The van der Waals surface area contributed by atoms with E-state index in [9.17, 15) is 14.0 Å². The number of fused-ring (bicyclic) bond motifs is 1. The molecule has 6 nitrogen and oxygen atoms in total. The number of hydrogen-bond acceptors (Lipinski definition) is 3. The van der Waals surface area contributed by atoms with E-state index in [2.05, 4.69) is 23.8 Å². The molecule has 0 bridgehead atoms. The summed E-state index contributed by atoms with van der Waals surface area (Å²) in [6.07, 6.45) is 3.69. The summed E-state index contributed by atoms with van der Waals surface area (Å²) >= 11 is 0. The minimum Gasteiger partial charge on any atom is -0.476 e. The van der Waals surface area contributed by atoms with Crippen LogP contribution in [0.2, 0.25) is 0 Å². The molecular weight excluding hydrogens is 380 g/mol. The van der Waals surface area contributed by atoms with Gasteiger partial charge in [0.25, 0.3) is 5.91 Å². The maximum absolute atomic E-state index is 15.1. The summed E-state index contributed by atoms with van der Waals surface area (Å²) in [5.41, 5.74) is -0.696. The number of urea groups is 1. The van der Waals surface area contributed by atoms with Crippen LogP contribution < -0.4 is 20.3 Å². The highest BCUT2D eigenvalue weighted by molar-refractivity contribution is 6.01. The van der Waals surface area contributed by atoms with E-state index in [1.54, 1.807) is 26.8 Å². The smallest absolute Gasteiger partial charge is 0.319 e. The van der Waals surface area contributed by atoms with Crippen molar-refractivity contribution in [1.82, 2.24) is 5.32 Å². The molecule has 1 aliphatic heterocycles. The fraction of sp³-hybridized carbons (Fsp3) is 0.333. The zero-order chi connectivity index (χ0) is 21.9. The van der Waals surface area contributed by atoms with Gasteiger partial charge in [-0.2, -0.15) is 0 Å². The Morgan fingerprint density at radius 3 is 2.55 bits per heavy atom. The van der Waals surface area contributed by atoms with Gasteiger partial charge in [-0.1, -0.05) is 31.4 Å². The molecule has 29 heavy (non-hydrogen) atoms. The monoisotopic (exact) mass is 405 g/mol. The van der Waals surface area contributed by atoms with Crippen LogP contribution in [0, 0.1) is 11.6 Å². The molecule has 0 unspecified atom stereocenters. The SMILES string of the molecule is C=C/C=C(\C=C)CN1C(=O)[C@@H](C)Oc2c1cc(F)c(NC(=O)NC(C)(C)C)c2F. The number of carbonyl (C=O) groups is 2. The molecule has 0 saturated carbocycles. The molecule has 1 aromatic carbocycles. The molecule has 156 valence electrons. The second-order valence-corrected chi connectivity index (χ2v) is 7.59. The standard InChI is InChI=1S/C21H25F2N3O3/c1-7-9-13(8-2)11-26-15-10-14(22)17(24-20(28)25-21(4,5)6)16(23)18(15)29-12(3)19(26)27/h7-10,12H,1-2,11H2,3-6H3,(H2,24,25,28)/b13-9+/t12-/m1/s1. The summed E-state index contributed by atoms with van der Waals surface area (Å²) in [6.45, 7) is 14.0. The van der Waals surface area contributed by atoms with Crippen molar-refractivity contribution in [2.75, 3.05) is 16.8 Å². The largest absolute Gasteiger partial charge is 0.476 e. The topological polar surface area (TPSA) is 70.7 Å².